The Morgan fingerprint density at radius 3 is 2.73 bits per heavy atom. The fourth-order valence-corrected chi connectivity index (χ4v) is 4.52. The van der Waals surface area contributed by atoms with E-state index < -0.39 is 0 Å². The van der Waals surface area contributed by atoms with Gasteiger partial charge in [0.2, 0.25) is 5.13 Å². The molecule has 1 aromatic carbocycles. The van der Waals surface area contributed by atoms with Crippen molar-refractivity contribution in [2.45, 2.75) is 43.8 Å². The molecule has 0 unspecified atom stereocenters. The number of carbonyl (C=O) groups excluding carboxylic acids is 1. The van der Waals surface area contributed by atoms with Crippen LogP contribution in [0.5, 0.6) is 0 Å². The lowest BCUT2D eigenvalue weighted by molar-refractivity contribution is 0.102. The van der Waals surface area contributed by atoms with Crippen LogP contribution in [0.2, 0.25) is 0 Å². The molecule has 0 saturated heterocycles. The zero-order valence-electron chi connectivity index (χ0n) is 14.7. The van der Waals surface area contributed by atoms with E-state index in [0.29, 0.717) is 10.7 Å². The second-order valence-corrected chi connectivity index (χ2v) is 8.90. The molecule has 1 amide bonds. The topological polar surface area (TPSA) is 67.8 Å². The molecule has 0 saturated carbocycles. The van der Waals surface area contributed by atoms with Crippen molar-refractivity contribution in [3.8, 4) is 0 Å². The number of unbranched alkanes of at least 4 members (excludes halogenated alkanes) is 1. The van der Waals surface area contributed by atoms with Crippen LogP contribution in [-0.2, 0) is 12.2 Å². The van der Waals surface area contributed by atoms with Crippen molar-refractivity contribution < 1.29 is 4.79 Å². The second kappa shape index (κ2) is 9.25. The summed E-state index contributed by atoms with van der Waals surface area (Å²) in [5.74, 6) is 0.677. The van der Waals surface area contributed by atoms with Gasteiger partial charge in [0.05, 0.1) is 10.7 Å². The number of carbonyl (C=O) groups is 1. The Kier molecular flexibility index (Phi) is 6.76. The molecule has 3 aromatic rings. The van der Waals surface area contributed by atoms with Crippen LogP contribution in [-0.4, -0.2) is 21.1 Å². The molecule has 136 valence electrons. The highest BCUT2D eigenvalue weighted by Crippen LogP contribution is 2.24. The van der Waals surface area contributed by atoms with Gasteiger partial charge in [-0.3, -0.25) is 10.1 Å². The summed E-state index contributed by atoms with van der Waals surface area (Å²) in [5.41, 5.74) is 1.71. The molecule has 0 aliphatic carbocycles. The summed E-state index contributed by atoms with van der Waals surface area (Å²) >= 11 is 4.82. The molecule has 0 aliphatic heterocycles. The third kappa shape index (κ3) is 5.36. The van der Waals surface area contributed by atoms with E-state index in [9.17, 15) is 4.79 Å². The van der Waals surface area contributed by atoms with E-state index in [0.717, 1.165) is 45.6 Å². The number of thiazole rings is 1. The quantitative estimate of drug-likeness (QED) is 0.523. The molecule has 0 fully saturated rings. The van der Waals surface area contributed by atoms with Crippen molar-refractivity contribution in [3.63, 3.8) is 0 Å². The Morgan fingerprint density at radius 1 is 1.23 bits per heavy atom. The predicted molar refractivity (Wildman–Crippen MR) is 109 cm³/mol. The zero-order valence-corrected chi connectivity index (χ0v) is 17.1. The first-order valence-corrected chi connectivity index (χ1v) is 11.1. The third-order valence-electron chi connectivity index (χ3n) is 3.60. The lowest BCUT2D eigenvalue weighted by atomic mass is 10.2. The van der Waals surface area contributed by atoms with Gasteiger partial charge in [-0.25, -0.2) is 4.98 Å². The summed E-state index contributed by atoms with van der Waals surface area (Å²) in [4.78, 5) is 17.9. The molecule has 5 nitrogen and oxygen atoms in total. The van der Waals surface area contributed by atoms with Gasteiger partial charge in [0.25, 0.3) is 5.91 Å². The van der Waals surface area contributed by atoms with Gasteiger partial charge in [-0.2, -0.15) is 0 Å². The van der Waals surface area contributed by atoms with Crippen LogP contribution in [0.1, 0.15) is 45.8 Å². The van der Waals surface area contributed by atoms with Crippen LogP contribution >= 0.6 is 34.4 Å². The molecule has 0 bridgehead atoms. The van der Waals surface area contributed by atoms with Crippen LogP contribution in [0.3, 0.4) is 0 Å². The number of benzene rings is 1. The number of aromatic nitrogens is 3. The largest absolute Gasteiger partial charge is 0.296 e. The summed E-state index contributed by atoms with van der Waals surface area (Å²) < 4.78 is 0. The normalized spacial score (nSPS) is 10.8. The van der Waals surface area contributed by atoms with Gasteiger partial charge in [-0.15, -0.1) is 33.3 Å². The fourth-order valence-electron chi connectivity index (χ4n) is 2.24. The number of thioether (sulfide) groups is 1. The number of rotatable bonds is 8. The van der Waals surface area contributed by atoms with E-state index in [1.165, 1.54) is 11.3 Å². The highest BCUT2D eigenvalue weighted by Gasteiger charge is 2.10. The van der Waals surface area contributed by atoms with Crippen molar-refractivity contribution in [1.29, 1.82) is 0 Å². The number of anilines is 1. The summed E-state index contributed by atoms with van der Waals surface area (Å²) in [5, 5.41) is 15.7. The van der Waals surface area contributed by atoms with E-state index in [4.69, 9.17) is 0 Å². The SMILES string of the molecule is CCCCc1nnc(NC(=O)c2ccc(SCc3csc(C)n3)cc2)s1. The maximum atomic E-state index is 12.3. The molecule has 0 spiro atoms. The molecule has 26 heavy (non-hydrogen) atoms. The number of nitrogens with zero attached hydrogens (tertiary/aromatic N) is 3. The number of aryl methyl sites for hydroxylation is 2. The molecule has 3 rings (SSSR count). The second-order valence-electron chi connectivity index (χ2n) is 5.73. The van der Waals surface area contributed by atoms with Crippen LogP contribution in [0.4, 0.5) is 5.13 Å². The van der Waals surface area contributed by atoms with Gasteiger partial charge in [-0.05, 0) is 37.6 Å². The third-order valence-corrected chi connectivity index (χ3v) is 6.37. The van der Waals surface area contributed by atoms with Crippen LogP contribution < -0.4 is 5.32 Å². The van der Waals surface area contributed by atoms with Crippen LogP contribution in [0, 0.1) is 6.92 Å². The van der Waals surface area contributed by atoms with Crippen LogP contribution in [0.15, 0.2) is 34.5 Å². The minimum atomic E-state index is -0.158. The summed E-state index contributed by atoms with van der Waals surface area (Å²) in [6.07, 6.45) is 3.12. The minimum absolute atomic E-state index is 0.158. The van der Waals surface area contributed by atoms with Crippen molar-refractivity contribution in [2.24, 2.45) is 0 Å². The fraction of sp³-hybridized carbons (Fsp3) is 0.333. The molecule has 2 aromatic heterocycles. The van der Waals surface area contributed by atoms with Gasteiger partial charge in [0.15, 0.2) is 0 Å². The number of nitrogens with one attached hydrogen (secondary N) is 1. The van der Waals surface area contributed by atoms with Gasteiger partial charge < -0.3 is 0 Å². The molecule has 2 heterocycles. The zero-order chi connectivity index (χ0) is 18.4. The summed E-state index contributed by atoms with van der Waals surface area (Å²) in [6, 6.07) is 7.60. The first kappa shape index (κ1) is 19.0. The predicted octanol–water partition coefficient (Wildman–Crippen LogP) is 5.19. The van der Waals surface area contributed by atoms with E-state index in [1.54, 1.807) is 23.1 Å². The Bertz CT molecular complexity index is 857. The highest BCUT2D eigenvalue weighted by atomic mass is 32.2. The monoisotopic (exact) mass is 404 g/mol. The molecule has 1 N–H and O–H groups in total. The Labute approximate surface area is 165 Å². The number of hydrogen-bond acceptors (Lipinski definition) is 7. The number of hydrogen-bond donors (Lipinski definition) is 1. The highest BCUT2D eigenvalue weighted by molar-refractivity contribution is 7.98. The molecule has 0 radical (unpaired) electrons. The minimum Gasteiger partial charge on any atom is -0.296 e. The average Bonchev–Trinajstić information content (AvgIpc) is 3.27. The molecular weight excluding hydrogens is 384 g/mol. The van der Waals surface area contributed by atoms with E-state index in [1.807, 2.05) is 31.2 Å². The van der Waals surface area contributed by atoms with Gasteiger partial charge in [0, 0.05) is 28.0 Å². The first-order valence-electron chi connectivity index (χ1n) is 8.41. The van der Waals surface area contributed by atoms with E-state index >= 15 is 0 Å². The molecule has 8 heteroatoms. The first-order chi connectivity index (χ1) is 12.6. The number of amides is 1. The standard InChI is InChI=1S/C18H20N4OS3/c1-3-4-5-16-21-22-18(26-16)20-17(23)13-6-8-15(9-7-13)25-11-14-10-24-12(2)19-14/h6-10H,3-5,11H2,1-2H3,(H,20,22,23). The maximum absolute atomic E-state index is 12.3. The van der Waals surface area contributed by atoms with E-state index in [2.05, 4.69) is 32.8 Å². The smallest absolute Gasteiger partial charge is 0.257 e. The Morgan fingerprint density at radius 2 is 2.04 bits per heavy atom. The summed E-state index contributed by atoms with van der Waals surface area (Å²) in [7, 11) is 0. The van der Waals surface area contributed by atoms with Gasteiger partial charge in [0.1, 0.15) is 5.01 Å². The van der Waals surface area contributed by atoms with Crippen molar-refractivity contribution in [2.75, 3.05) is 5.32 Å². The Balaban J connectivity index is 1.53. The molecular formula is C18H20N4OS3. The molecule has 0 atom stereocenters. The molecule has 0 aliphatic rings. The lowest BCUT2D eigenvalue weighted by Crippen LogP contribution is -2.11. The van der Waals surface area contributed by atoms with Crippen LogP contribution in [0.25, 0.3) is 0 Å². The van der Waals surface area contributed by atoms with Gasteiger partial charge >= 0.3 is 0 Å². The van der Waals surface area contributed by atoms with E-state index in [-0.39, 0.29) is 5.91 Å². The lowest BCUT2D eigenvalue weighted by Gasteiger charge is -2.03. The maximum Gasteiger partial charge on any atom is 0.257 e. The van der Waals surface area contributed by atoms with Crippen molar-refractivity contribution in [1.82, 2.24) is 15.2 Å². The van der Waals surface area contributed by atoms with Gasteiger partial charge in [-0.1, -0.05) is 24.7 Å². The average molecular weight is 405 g/mol. The van der Waals surface area contributed by atoms with Crippen molar-refractivity contribution in [3.05, 3.63) is 50.9 Å². The van der Waals surface area contributed by atoms with Crippen molar-refractivity contribution >= 4 is 45.5 Å². The summed E-state index contributed by atoms with van der Waals surface area (Å²) in [6.45, 7) is 4.15. The Hall–Kier alpha value is -1.77.